The quantitative estimate of drug-likeness (QED) is 0.677. The number of carboxylic acids is 1. The molecule has 0 aliphatic carbocycles. The highest BCUT2D eigenvalue weighted by Crippen LogP contribution is 2.12. The Balaban J connectivity index is 4.40. The van der Waals surface area contributed by atoms with E-state index in [1.165, 1.54) is 4.90 Å². The van der Waals surface area contributed by atoms with Gasteiger partial charge in [-0.3, -0.25) is 9.59 Å². The Bertz CT molecular complexity index is 233. The van der Waals surface area contributed by atoms with Crippen molar-refractivity contribution in [2.75, 3.05) is 7.05 Å². The summed E-state index contributed by atoms with van der Waals surface area (Å²) < 4.78 is 0. The van der Waals surface area contributed by atoms with Gasteiger partial charge in [-0.1, -0.05) is 0 Å². The van der Waals surface area contributed by atoms with Gasteiger partial charge < -0.3 is 15.7 Å². The number of hydrogen-bond donors (Lipinski definition) is 2. The molecule has 0 radical (unpaired) electrons. The van der Waals surface area contributed by atoms with Gasteiger partial charge in [-0.05, 0) is 20.8 Å². The fourth-order valence-corrected chi connectivity index (χ4v) is 0.855. The number of nitrogens with zero attached hydrogens (tertiary/aromatic N) is 1. The third-order valence-corrected chi connectivity index (χ3v) is 2.05. The van der Waals surface area contributed by atoms with Crippen LogP contribution in [0.3, 0.4) is 0 Å². The van der Waals surface area contributed by atoms with E-state index in [9.17, 15) is 9.59 Å². The van der Waals surface area contributed by atoms with Crippen molar-refractivity contribution in [3.8, 4) is 0 Å². The lowest BCUT2D eigenvalue weighted by atomic mass is 10.0. The number of hydrogen-bond acceptors (Lipinski definition) is 3. The Labute approximate surface area is 83.9 Å². The predicted octanol–water partition coefficient (Wildman–Crippen LogP) is 0.0453. The molecule has 82 valence electrons. The molecule has 0 fully saturated rings. The maximum absolute atomic E-state index is 11.6. The molecule has 0 aromatic rings. The van der Waals surface area contributed by atoms with Gasteiger partial charge in [0.05, 0.1) is 12.5 Å². The Kier molecular flexibility index (Phi) is 4.07. The zero-order valence-corrected chi connectivity index (χ0v) is 9.07. The summed E-state index contributed by atoms with van der Waals surface area (Å²) in [5.74, 6) is -1.41. The summed E-state index contributed by atoms with van der Waals surface area (Å²) in [5.41, 5.74) is 5.10. The van der Waals surface area contributed by atoms with Gasteiger partial charge in [0.15, 0.2) is 0 Å². The molecule has 5 nitrogen and oxygen atoms in total. The van der Waals surface area contributed by atoms with Crippen LogP contribution in [0.25, 0.3) is 0 Å². The van der Waals surface area contributed by atoms with Crippen molar-refractivity contribution in [3.05, 3.63) is 0 Å². The molecule has 0 heterocycles. The van der Waals surface area contributed by atoms with Crippen LogP contribution < -0.4 is 5.73 Å². The number of carbonyl (C=O) groups is 2. The zero-order chi connectivity index (χ0) is 11.5. The van der Waals surface area contributed by atoms with Crippen molar-refractivity contribution in [1.82, 2.24) is 4.90 Å². The maximum Gasteiger partial charge on any atom is 0.305 e. The summed E-state index contributed by atoms with van der Waals surface area (Å²) in [6.45, 7) is 5.58. The molecule has 0 saturated carbocycles. The SMILES string of the molecule is CN(C(=O)C(N)CC(=O)O)C(C)(C)C. The summed E-state index contributed by atoms with van der Waals surface area (Å²) in [4.78, 5) is 23.4. The van der Waals surface area contributed by atoms with E-state index < -0.39 is 12.0 Å². The summed E-state index contributed by atoms with van der Waals surface area (Å²) in [6, 6.07) is -0.961. The molecular weight excluding hydrogens is 184 g/mol. The van der Waals surface area contributed by atoms with E-state index >= 15 is 0 Å². The molecule has 5 heteroatoms. The van der Waals surface area contributed by atoms with Crippen LogP contribution in [0.5, 0.6) is 0 Å². The van der Waals surface area contributed by atoms with Gasteiger partial charge in [-0.2, -0.15) is 0 Å². The molecule has 0 aliphatic heterocycles. The van der Waals surface area contributed by atoms with Gasteiger partial charge in [-0.25, -0.2) is 0 Å². The van der Waals surface area contributed by atoms with Gasteiger partial charge in [0.1, 0.15) is 0 Å². The minimum Gasteiger partial charge on any atom is -0.481 e. The van der Waals surface area contributed by atoms with E-state index in [-0.39, 0.29) is 17.9 Å². The highest BCUT2D eigenvalue weighted by molar-refractivity contribution is 5.86. The first-order valence-corrected chi connectivity index (χ1v) is 4.41. The van der Waals surface area contributed by atoms with Crippen molar-refractivity contribution in [2.45, 2.75) is 38.8 Å². The Morgan fingerprint density at radius 3 is 2.14 bits per heavy atom. The van der Waals surface area contributed by atoms with Crippen LogP contribution in [0.15, 0.2) is 0 Å². The molecule has 0 saturated heterocycles. The first-order chi connectivity index (χ1) is 6.16. The summed E-state index contributed by atoms with van der Waals surface area (Å²) >= 11 is 0. The van der Waals surface area contributed by atoms with E-state index in [1.807, 2.05) is 20.8 Å². The molecule has 0 rings (SSSR count). The minimum absolute atomic E-state index is 0.334. The normalized spacial score (nSPS) is 13.5. The fourth-order valence-electron chi connectivity index (χ4n) is 0.855. The maximum atomic E-state index is 11.6. The lowest BCUT2D eigenvalue weighted by Gasteiger charge is -2.33. The van der Waals surface area contributed by atoms with E-state index in [0.29, 0.717) is 0 Å². The third kappa shape index (κ3) is 3.74. The second-order valence-corrected chi connectivity index (χ2v) is 4.27. The second kappa shape index (κ2) is 4.41. The number of carboxylic acid groups (broad SMARTS) is 1. The van der Waals surface area contributed by atoms with Crippen molar-refractivity contribution in [2.24, 2.45) is 5.73 Å². The lowest BCUT2D eigenvalue weighted by molar-refractivity contribution is -0.143. The molecule has 0 spiro atoms. The second-order valence-electron chi connectivity index (χ2n) is 4.27. The van der Waals surface area contributed by atoms with Gasteiger partial charge in [0.25, 0.3) is 0 Å². The Morgan fingerprint density at radius 1 is 1.43 bits per heavy atom. The average Bonchev–Trinajstić information content (AvgIpc) is 1.98. The monoisotopic (exact) mass is 202 g/mol. The van der Waals surface area contributed by atoms with Crippen molar-refractivity contribution in [3.63, 3.8) is 0 Å². The topological polar surface area (TPSA) is 83.6 Å². The summed E-state index contributed by atoms with van der Waals surface area (Å²) in [5, 5.41) is 8.47. The van der Waals surface area contributed by atoms with Crippen LogP contribution in [-0.2, 0) is 9.59 Å². The van der Waals surface area contributed by atoms with Crippen LogP contribution in [0.1, 0.15) is 27.2 Å². The summed E-state index contributed by atoms with van der Waals surface area (Å²) in [6.07, 6.45) is -0.334. The molecule has 1 amide bonds. The van der Waals surface area contributed by atoms with Gasteiger partial charge in [0.2, 0.25) is 5.91 Å². The van der Waals surface area contributed by atoms with Gasteiger partial charge >= 0.3 is 5.97 Å². The molecule has 0 bridgehead atoms. The molecule has 14 heavy (non-hydrogen) atoms. The molecular formula is C9H18N2O3. The highest BCUT2D eigenvalue weighted by Gasteiger charge is 2.27. The molecule has 0 aromatic carbocycles. The van der Waals surface area contributed by atoms with Crippen LogP contribution in [-0.4, -0.2) is 40.5 Å². The zero-order valence-electron chi connectivity index (χ0n) is 9.07. The van der Waals surface area contributed by atoms with Crippen molar-refractivity contribution < 1.29 is 14.7 Å². The molecule has 0 aliphatic rings. The number of nitrogens with two attached hydrogens (primary N) is 1. The Hall–Kier alpha value is -1.10. The molecule has 1 unspecified atom stereocenters. The standard InChI is InChI=1S/C9H18N2O3/c1-9(2,3)11(4)8(14)6(10)5-7(12)13/h6H,5,10H2,1-4H3,(H,12,13). The van der Waals surface area contributed by atoms with E-state index in [0.717, 1.165) is 0 Å². The lowest BCUT2D eigenvalue weighted by Crippen LogP contribution is -2.50. The van der Waals surface area contributed by atoms with Crippen LogP contribution in [0, 0.1) is 0 Å². The van der Waals surface area contributed by atoms with E-state index in [4.69, 9.17) is 10.8 Å². The minimum atomic E-state index is -1.06. The van der Waals surface area contributed by atoms with Gasteiger partial charge in [0, 0.05) is 12.6 Å². The van der Waals surface area contributed by atoms with E-state index in [1.54, 1.807) is 7.05 Å². The first kappa shape index (κ1) is 12.9. The third-order valence-electron chi connectivity index (χ3n) is 2.05. The fraction of sp³-hybridized carbons (Fsp3) is 0.778. The molecule has 0 aromatic heterocycles. The van der Waals surface area contributed by atoms with Crippen LogP contribution in [0.4, 0.5) is 0 Å². The largest absolute Gasteiger partial charge is 0.481 e. The van der Waals surface area contributed by atoms with Crippen molar-refractivity contribution in [1.29, 1.82) is 0 Å². The number of likely N-dealkylation sites (N-methyl/N-ethyl adjacent to an activating group) is 1. The van der Waals surface area contributed by atoms with Crippen molar-refractivity contribution >= 4 is 11.9 Å². The number of carbonyl (C=O) groups excluding carboxylic acids is 1. The Morgan fingerprint density at radius 2 is 1.86 bits per heavy atom. The average molecular weight is 202 g/mol. The first-order valence-electron chi connectivity index (χ1n) is 4.41. The smallest absolute Gasteiger partial charge is 0.305 e. The summed E-state index contributed by atoms with van der Waals surface area (Å²) in [7, 11) is 1.62. The van der Waals surface area contributed by atoms with Gasteiger partial charge in [-0.15, -0.1) is 0 Å². The predicted molar refractivity (Wildman–Crippen MR) is 52.8 cm³/mol. The highest BCUT2D eigenvalue weighted by atomic mass is 16.4. The van der Waals surface area contributed by atoms with E-state index in [2.05, 4.69) is 0 Å². The number of aliphatic carboxylic acids is 1. The molecule has 1 atom stereocenters. The van der Waals surface area contributed by atoms with Crippen LogP contribution in [0.2, 0.25) is 0 Å². The number of rotatable bonds is 3. The van der Waals surface area contributed by atoms with Crippen LogP contribution >= 0.6 is 0 Å². The molecule has 3 N–H and O–H groups in total. The number of amides is 1.